The van der Waals surface area contributed by atoms with E-state index in [4.69, 9.17) is 5.73 Å². The second kappa shape index (κ2) is 4.03. The smallest absolute Gasteiger partial charge is 0.250 e. The van der Waals surface area contributed by atoms with Gasteiger partial charge in [-0.15, -0.1) is 11.3 Å². The summed E-state index contributed by atoms with van der Waals surface area (Å²) in [4.78, 5) is 0. The predicted molar refractivity (Wildman–Crippen MR) is 74.0 cm³/mol. The van der Waals surface area contributed by atoms with E-state index in [-0.39, 0.29) is 22.9 Å². The normalized spacial score (nSPS) is 29.8. The monoisotopic (exact) mass is 288 g/mol. The van der Waals surface area contributed by atoms with Gasteiger partial charge in [0.15, 0.2) is 0 Å². The molecule has 0 spiro atoms. The molecule has 1 heterocycles. The van der Waals surface area contributed by atoms with E-state index in [1.165, 1.54) is 11.3 Å². The van der Waals surface area contributed by atoms with Crippen LogP contribution in [-0.4, -0.2) is 20.5 Å². The molecule has 2 rings (SSSR count). The average Bonchev–Trinajstić information content (AvgIpc) is 2.78. The van der Waals surface area contributed by atoms with Crippen LogP contribution < -0.4 is 10.5 Å². The van der Waals surface area contributed by atoms with E-state index in [0.717, 1.165) is 0 Å². The first-order valence-electron chi connectivity index (χ1n) is 5.91. The van der Waals surface area contributed by atoms with Crippen LogP contribution in [0.4, 0.5) is 0 Å². The molecule has 0 bridgehead atoms. The zero-order chi connectivity index (χ0) is 13.8. The first kappa shape index (κ1) is 14.0. The van der Waals surface area contributed by atoms with E-state index in [1.807, 2.05) is 27.7 Å². The maximum Gasteiger partial charge on any atom is 0.250 e. The molecule has 0 radical (unpaired) electrons. The lowest BCUT2D eigenvalue weighted by Gasteiger charge is -2.62. The van der Waals surface area contributed by atoms with Crippen LogP contribution in [0.5, 0.6) is 0 Å². The van der Waals surface area contributed by atoms with Crippen LogP contribution in [0, 0.1) is 10.8 Å². The van der Waals surface area contributed by atoms with Gasteiger partial charge in [0.25, 0.3) is 0 Å². The lowest BCUT2D eigenvalue weighted by molar-refractivity contribution is -0.0593. The van der Waals surface area contributed by atoms with E-state index < -0.39 is 10.0 Å². The topological polar surface area (TPSA) is 72.2 Å². The Morgan fingerprint density at radius 3 is 2.28 bits per heavy atom. The fourth-order valence-electron chi connectivity index (χ4n) is 3.11. The van der Waals surface area contributed by atoms with Crippen LogP contribution in [-0.2, 0) is 10.0 Å². The van der Waals surface area contributed by atoms with Crippen molar-refractivity contribution in [2.24, 2.45) is 16.6 Å². The highest BCUT2D eigenvalue weighted by Gasteiger charge is 2.61. The van der Waals surface area contributed by atoms with Gasteiger partial charge in [0, 0.05) is 12.1 Å². The molecule has 0 unspecified atom stereocenters. The average molecular weight is 288 g/mol. The van der Waals surface area contributed by atoms with Crippen LogP contribution in [0.25, 0.3) is 0 Å². The molecule has 0 saturated heterocycles. The molecule has 0 amide bonds. The SMILES string of the molecule is CC1(C)C(N)C(C)(C)C1NS(=O)(=O)c1cccs1. The summed E-state index contributed by atoms with van der Waals surface area (Å²) in [6, 6.07) is 3.20. The van der Waals surface area contributed by atoms with Crippen LogP contribution in [0.3, 0.4) is 0 Å². The minimum atomic E-state index is -3.43. The Labute approximate surface area is 113 Å². The molecule has 1 aromatic heterocycles. The number of nitrogens with two attached hydrogens (primary N) is 1. The summed E-state index contributed by atoms with van der Waals surface area (Å²) in [6.45, 7) is 8.02. The van der Waals surface area contributed by atoms with Crippen molar-refractivity contribution in [2.75, 3.05) is 0 Å². The molecule has 0 aliphatic heterocycles. The van der Waals surface area contributed by atoms with E-state index >= 15 is 0 Å². The van der Waals surface area contributed by atoms with Crippen LogP contribution >= 0.6 is 11.3 Å². The zero-order valence-electron chi connectivity index (χ0n) is 11.1. The summed E-state index contributed by atoms with van der Waals surface area (Å²) in [5.41, 5.74) is 5.67. The van der Waals surface area contributed by atoms with Gasteiger partial charge in [-0.1, -0.05) is 33.8 Å². The van der Waals surface area contributed by atoms with Crippen molar-refractivity contribution in [1.29, 1.82) is 0 Å². The molecule has 4 nitrogen and oxygen atoms in total. The quantitative estimate of drug-likeness (QED) is 0.890. The maximum atomic E-state index is 12.2. The van der Waals surface area contributed by atoms with Crippen molar-refractivity contribution < 1.29 is 8.42 Å². The number of thiophene rings is 1. The summed E-state index contributed by atoms with van der Waals surface area (Å²) in [5, 5.41) is 1.76. The van der Waals surface area contributed by atoms with Gasteiger partial charge in [-0.2, -0.15) is 0 Å². The van der Waals surface area contributed by atoms with E-state index in [1.54, 1.807) is 17.5 Å². The second-order valence-corrected chi connectivity index (χ2v) is 9.00. The molecule has 1 aromatic rings. The third kappa shape index (κ3) is 1.91. The molecule has 1 aliphatic rings. The number of sulfonamides is 1. The summed E-state index contributed by atoms with van der Waals surface area (Å²) in [5.74, 6) is 0. The van der Waals surface area contributed by atoms with Gasteiger partial charge < -0.3 is 5.73 Å². The van der Waals surface area contributed by atoms with Crippen molar-refractivity contribution in [3.8, 4) is 0 Å². The summed E-state index contributed by atoms with van der Waals surface area (Å²) < 4.78 is 27.6. The molecule has 0 atom stereocenters. The van der Waals surface area contributed by atoms with Gasteiger partial charge in [0.2, 0.25) is 10.0 Å². The Morgan fingerprint density at radius 2 is 1.83 bits per heavy atom. The standard InChI is InChI=1S/C12H20N2O2S2/c1-11(2)9(13)12(3,4)10(11)14-18(15,16)8-6-5-7-17-8/h5-7,9-10,14H,13H2,1-4H3. The number of hydrogen-bond acceptors (Lipinski definition) is 4. The molecular weight excluding hydrogens is 268 g/mol. The molecule has 1 aliphatic carbocycles. The Morgan fingerprint density at radius 1 is 1.28 bits per heavy atom. The first-order chi connectivity index (χ1) is 8.10. The maximum absolute atomic E-state index is 12.2. The molecule has 18 heavy (non-hydrogen) atoms. The van der Waals surface area contributed by atoms with E-state index in [2.05, 4.69) is 4.72 Å². The fraction of sp³-hybridized carbons (Fsp3) is 0.667. The van der Waals surface area contributed by atoms with Gasteiger partial charge >= 0.3 is 0 Å². The van der Waals surface area contributed by atoms with Gasteiger partial charge in [-0.05, 0) is 22.3 Å². The highest BCUT2D eigenvalue weighted by atomic mass is 32.2. The van der Waals surface area contributed by atoms with E-state index in [9.17, 15) is 8.42 Å². The minimum absolute atomic E-state index is 0.0129. The van der Waals surface area contributed by atoms with Crippen LogP contribution in [0.1, 0.15) is 27.7 Å². The van der Waals surface area contributed by atoms with Gasteiger partial charge in [-0.25, -0.2) is 13.1 Å². The molecule has 1 saturated carbocycles. The first-order valence-corrected chi connectivity index (χ1v) is 8.28. The largest absolute Gasteiger partial charge is 0.327 e. The Bertz CT molecular complexity index is 516. The molecule has 102 valence electrons. The van der Waals surface area contributed by atoms with Gasteiger partial charge in [0.1, 0.15) is 4.21 Å². The second-order valence-electron chi connectivity index (χ2n) is 6.11. The van der Waals surface area contributed by atoms with Gasteiger partial charge in [0.05, 0.1) is 0 Å². The molecular formula is C12H20N2O2S2. The molecule has 3 N–H and O–H groups in total. The number of nitrogens with one attached hydrogen (secondary N) is 1. The molecule has 0 aromatic carbocycles. The summed E-state index contributed by atoms with van der Waals surface area (Å²) in [7, 11) is -3.43. The van der Waals surface area contributed by atoms with Crippen LogP contribution in [0.15, 0.2) is 21.7 Å². The number of rotatable bonds is 3. The lowest BCUT2D eigenvalue weighted by atomic mass is 9.49. The third-order valence-electron chi connectivity index (χ3n) is 4.12. The molecule has 6 heteroatoms. The summed E-state index contributed by atoms with van der Waals surface area (Å²) in [6.07, 6.45) is 0. The van der Waals surface area contributed by atoms with Crippen molar-refractivity contribution in [3.63, 3.8) is 0 Å². The van der Waals surface area contributed by atoms with Crippen molar-refractivity contribution in [1.82, 2.24) is 4.72 Å². The fourth-order valence-corrected chi connectivity index (χ4v) is 5.67. The Hall–Kier alpha value is -0.430. The highest BCUT2D eigenvalue weighted by molar-refractivity contribution is 7.91. The highest BCUT2D eigenvalue weighted by Crippen LogP contribution is 2.53. The van der Waals surface area contributed by atoms with Crippen molar-refractivity contribution in [2.45, 2.75) is 44.0 Å². The molecule has 1 fully saturated rings. The Balaban J connectivity index is 2.26. The minimum Gasteiger partial charge on any atom is -0.327 e. The Kier molecular flexibility index (Phi) is 3.13. The van der Waals surface area contributed by atoms with E-state index in [0.29, 0.717) is 4.21 Å². The summed E-state index contributed by atoms with van der Waals surface area (Å²) >= 11 is 1.23. The lowest BCUT2D eigenvalue weighted by Crippen LogP contribution is -2.75. The van der Waals surface area contributed by atoms with Crippen LogP contribution in [0.2, 0.25) is 0 Å². The van der Waals surface area contributed by atoms with Crippen molar-refractivity contribution in [3.05, 3.63) is 17.5 Å². The predicted octanol–water partition coefficient (Wildman–Crippen LogP) is 1.79. The van der Waals surface area contributed by atoms with Crippen molar-refractivity contribution >= 4 is 21.4 Å². The van der Waals surface area contributed by atoms with Gasteiger partial charge in [-0.3, -0.25) is 0 Å². The number of hydrogen-bond donors (Lipinski definition) is 2. The zero-order valence-corrected chi connectivity index (χ0v) is 12.7. The third-order valence-corrected chi connectivity index (χ3v) is 6.94.